The van der Waals surface area contributed by atoms with Crippen LogP contribution in [0, 0.1) is 18.3 Å². The SMILES string of the molecule is Cc1cc(C(Cl)CC(C)C(C)(C)C)sc1Cl. The van der Waals surface area contributed by atoms with E-state index in [4.69, 9.17) is 23.2 Å². The van der Waals surface area contributed by atoms with Crippen molar-refractivity contribution in [2.24, 2.45) is 11.3 Å². The molecule has 0 aromatic carbocycles. The average molecular weight is 279 g/mol. The molecule has 0 fully saturated rings. The van der Waals surface area contributed by atoms with Crippen molar-refractivity contribution in [3.63, 3.8) is 0 Å². The summed E-state index contributed by atoms with van der Waals surface area (Å²) >= 11 is 14.1. The number of hydrogen-bond acceptors (Lipinski definition) is 1. The maximum Gasteiger partial charge on any atom is 0.0960 e. The van der Waals surface area contributed by atoms with Crippen LogP contribution in [0.2, 0.25) is 4.34 Å². The van der Waals surface area contributed by atoms with E-state index in [1.807, 2.05) is 6.92 Å². The molecule has 0 bridgehead atoms. The average Bonchev–Trinajstić information content (AvgIpc) is 2.45. The number of rotatable bonds is 3. The largest absolute Gasteiger partial charge is 0.127 e. The van der Waals surface area contributed by atoms with Crippen LogP contribution >= 0.6 is 34.5 Å². The Morgan fingerprint density at radius 3 is 2.31 bits per heavy atom. The van der Waals surface area contributed by atoms with Crippen LogP contribution in [-0.4, -0.2) is 0 Å². The van der Waals surface area contributed by atoms with Crippen molar-refractivity contribution in [3.8, 4) is 0 Å². The van der Waals surface area contributed by atoms with E-state index in [1.165, 1.54) is 4.88 Å². The summed E-state index contributed by atoms with van der Waals surface area (Å²) in [5.74, 6) is 0.594. The normalized spacial score (nSPS) is 16.2. The van der Waals surface area contributed by atoms with E-state index >= 15 is 0 Å². The summed E-state index contributed by atoms with van der Waals surface area (Å²) in [6, 6.07) is 2.11. The topological polar surface area (TPSA) is 0 Å². The van der Waals surface area contributed by atoms with Gasteiger partial charge in [-0.15, -0.1) is 22.9 Å². The van der Waals surface area contributed by atoms with Gasteiger partial charge in [0.2, 0.25) is 0 Å². The smallest absolute Gasteiger partial charge is 0.0960 e. The van der Waals surface area contributed by atoms with Crippen LogP contribution in [0.4, 0.5) is 0 Å². The fraction of sp³-hybridized carbons (Fsp3) is 0.692. The fourth-order valence-electron chi connectivity index (χ4n) is 1.42. The first-order chi connectivity index (χ1) is 7.21. The number of halogens is 2. The molecule has 0 saturated heterocycles. The molecule has 0 spiro atoms. The molecule has 0 saturated carbocycles. The summed E-state index contributed by atoms with van der Waals surface area (Å²) in [6.45, 7) is 11.1. The lowest BCUT2D eigenvalue weighted by Gasteiger charge is -2.28. The van der Waals surface area contributed by atoms with Crippen LogP contribution < -0.4 is 0 Å². The van der Waals surface area contributed by atoms with Crippen molar-refractivity contribution in [2.45, 2.75) is 46.4 Å². The molecule has 1 aromatic rings. The molecule has 0 nitrogen and oxygen atoms in total. The van der Waals surface area contributed by atoms with Gasteiger partial charge in [0, 0.05) is 4.88 Å². The molecule has 2 unspecified atom stereocenters. The molecule has 1 rings (SSSR count). The molecule has 0 aliphatic heterocycles. The summed E-state index contributed by atoms with van der Waals surface area (Å²) < 4.78 is 0.865. The van der Waals surface area contributed by atoms with Crippen molar-refractivity contribution >= 4 is 34.5 Å². The van der Waals surface area contributed by atoms with Crippen molar-refractivity contribution in [1.29, 1.82) is 0 Å². The predicted octanol–water partition coefficient (Wildman–Crippen LogP) is 6.06. The van der Waals surface area contributed by atoms with Gasteiger partial charge in [-0.3, -0.25) is 0 Å². The lowest BCUT2D eigenvalue weighted by atomic mass is 9.79. The molecule has 16 heavy (non-hydrogen) atoms. The highest BCUT2D eigenvalue weighted by atomic mass is 35.5. The Kier molecular flexibility index (Phi) is 4.74. The highest BCUT2D eigenvalue weighted by Crippen LogP contribution is 2.40. The van der Waals surface area contributed by atoms with Gasteiger partial charge in [0.1, 0.15) is 0 Å². The molecule has 0 radical (unpaired) electrons. The van der Waals surface area contributed by atoms with Gasteiger partial charge in [-0.25, -0.2) is 0 Å². The van der Waals surface area contributed by atoms with Gasteiger partial charge in [-0.2, -0.15) is 0 Å². The van der Waals surface area contributed by atoms with Gasteiger partial charge >= 0.3 is 0 Å². The minimum atomic E-state index is 0.0884. The van der Waals surface area contributed by atoms with Gasteiger partial charge in [0.25, 0.3) is 0 Å². The minimum Gasteiger partial charge on any atom is -0.127 e. The van der Waals surface area contributed by atoms with Crippen molar-refractivity contribution < 1.29 is 0 Å². The molecule has 0 amide bonds. The maximum atomic E-state index is 6.44. The summed E-state index contributed by atoms with van der Waals surface area (Å²) in [4.78, 5) is 1.19. The molecule has 0 N–H and O–H groups in total. The summed E-state index contributed by atoms with van der Waals surface area (Å²) in [5, 5.41) is 0.0884. The monoisotopic (exact) mass is 278 g/mol. The highest BCUT2D eigenvalue weighted by Gasteiger charge is 2.24. The summed E-state index contributed by atoms with van der Waals surface area (Å²) in [5.41, 5.74) is 1.44. The molecular weight excluding hydrogens is 259 g/mol. The number of alkyl halides is 1. The summed E-state index contributed by atoms with van der Waals surface area (Å²) in [6.07, 6.45) is 1.00. The van der Waals surface area contributed by atoms with Gasteiger partial charge in [0.05, 0.1) is 9.71 Å². The van der Waals surface area contributed by atoms with Crippen molar-refractivity contribution in [2.75, 3.05) is 0 Å². The van der Waals surface area contributed by atoms with E-state index in [0.717, 1.165) is 16.3 Å². The molecule has 1 aromatic heterocycles. The Bertz CT molecular complexity index is 330. The Morgan fingerprint density at radius 1 is 1.38 bits per heavy atom. The first-order valence-electron chi connectivity index (χ1n) is 5.61. The van der Waals surface area contributed by atoms with Crippen LogP contribution in [-0.2, 0) is 0 Å². The third-order valence-electron chi connectivity index (χ3n) is 3.22. The molecule has 0 aliphatic carbocycles. The zero-order valence-electron chi connectivity index (χ0n) is 10.6. The van der Waals surface area contributed by atoms with Gasteiger partial charge < -0.3 is 0 Å². The number of hydrogen-bond donors (Lipinski definition) is 0. The molecule has 1 heterocycles. The van der Waals surface area contributed by atoms with Gasteiger partial charge in [-0.05, 0) is 36.3 Å². The Balaban J connectivity index is 2.69. The van der Waals surface area contributed by atoms with E-state index in [1.54, 1.807) is 11.3 Å². The fourth-order valence-corrected chi connectivity index (χ4v) is 3.09. The number of thiophene rings is 1. The van der Waals surface area contributed by atoms with Crippen LogP contribution in [0.1, 0.15) is 49.9 Å². The molecule has 0 aliphatic rings. The molecular formula is C13H20Cl2S. The quantitative estimate of drug-likeness (QED) is 0.590. The minimum absolute atomic E-state index is 0.0884. The van der Waals surface area contributed by atoms with Crippen LogP contribution in [0.25, 0.3) is 0 Å². The van der Waals surface area contributed by atoms with E-state index in [2.05, 4.69) is 33.8 Å². The van der Waals surface area contributed by atoms with Crippen molar-refractivity contribution in [3.05, 3.63) is 20.8 Å². The second-order valence-electron chi connectivity index (χ2n) is 5.58. The molecule has 2 atom stereocenters. The second-order valence-corrected chi connectivity index (χ2v) is 7.79. The Morgan fingerprint density at radius 2 is 1.94 bits per heavy atom. The zero-order valence-corrected chi connectivity index (χ0v) is 12.9. The van der Waals surface area contributed by atoms with E-state index in [0.29, 0.717) is 11.3 Å². The maximum absolute atomic E-state index is 6.44. The van der Waals surface area contributed by atoms with Crippen LogP contribution in [0.5, 0.6) is 0 Å². The van der Waals surface area contributed by atoms with Crippen LogP contribution in [0.15, 0.2) is 6.07 Å². The first kappa shape index (κ1) is 14.3. The second kappa shape index (κ2) is 5.29. The van der Waals surface area contributed by atoms with E-state index < -0.39 is 0 Å². The van der Waals surface area contributed by atoms with Crippen molar-refractivity contribution in [1.82, 2.24) is 0 Å². The lowest BCUT2D eigenvalue weighted by molar-refractivity contribution is 0.245. The third-order valence-corrected chi connectivity index (χ3v) is 5.44. The Labute approximate surface area is 113 Å². The Hall–Kier alpha value is 0.280. The third kappa shape index (κ3) is 3.65. The van der Waals surface area contributed by atoms with Crippen LogP contribution in [0.3, 0.4) is 0 Å². The predicted molar refractivity (Wildman–Crippen MR) is 75.9 cm³/mol. The zero-order chi connectivity index (χ0) is 12.5. The standard InChI is InChI=1S/C13H20Cl2S/c1-8-6-11(16-12(8)15)10(14)7-9(2)13(3,4)5/h6,9-10H,7H2,1-5H3. The number of aryl methyl sites for hydroxylation is 1. The van der Waals surface area contributed by atoms with Gasteiger partial charge in [0.15, 0.2) is 0 Å². The molecule has 92 valence electrons. The van der Waals surface area contributed by atoms with Gasteiger partial charge in [-0.1, -0.05) is 39.3 Å². The lowest BCUT2D eigenvalue weighted by Crippen LogP contribution is -2.18. The first-order valence-corrected chi connectivity index (χ1v) is 7.24. The van der Waals surface area contributed by atoms with E-state index in [-0.39, 0.29) is 5.38 Å². The highest BCUT2D eigenvalue weighted by molar-refractivity contribution is 7.16. The molecule has 3 heteroatoms. The summed E-state index contributed by atoms with van der Waals surface area (Å²) in [7, 11) is 0. The van der Waals surface area contributed by atoms with E-state index in [9.17, 15) is 0 Å².